The van der Waals surface area contributed by atoms with E-state index in [-0.39, 0.29) is 23.2 Å². The van der Waals surface area contributed by atoms with Crippen molar-refractivity contribution in [3.63, 3.8) is 0 Å². The number of ether oxygens (including phenoxy) is 1. The molecular formula is C15H22FNO3S. The molecule has 0 bridgehead atoms. The van der Waals surface area contributed by atoms with Crippen molar-refractivity contribution in [2.75, 3.05) is 12.9 Å². The molecule has 0 aliphatic heterocycles. The van der Waals surface area contributed by atoms with Gasteiger partial charge in [0, 0.05) is 18.3 Å². The Morgan fingerprint density at radius 3 is 2.62 bits per heavy atom. The lowest BCUT2D eigenvalue weighted by Gasteiger charge is -2.24. The molecular weight excluding hydrogens is 293 g/mol. The molecule has 1 N–H and O–H groups in total. The highest BCUT2D eigenvalue weighted by atomic mass is 32.2. The first kappa shape index (κ1) is 16.2. The molecule has 3 atom stereocenters. The standard InChI is InChI=1S/C15H22FNO3S/c1-11(10-20-13-8-6-12(16)7-9-13)17-14-4-3-5-15(14)21(2,18)19/h6-9,11,14-15,17H,3-5,10H2,1-2H3/t11-,14+,15-/m1/s1. The highest BCUT2D eigenvalue weighted by Crippen LogP contribution is 2.25. The lowest BCUT2D eigenvalue weighted by Crippen LogP contribution is -2.46. The van der Waals surface area contributed by atoms with Gasteiger partial charge in [-0.05, 0) is 44.0 Å². The van der Waals surface area contributed by atoms with Crippen molar-refractivity contribution in [1.29, 1.82) is 0 Å². The zero-order valence-corrected chi connectivity index (χ0v) is 13.2. The zero-order valence-electron chi connectivity index (χ0n) is 12.4. The summed E-state index contributed by atoms with van der Waals surface area (Å²) in [4.78, 5) is 0. The molecule has 1 fully saturated rings. The average molecular weight is 315 g/mol. The van der Waals surface area contributed by atoms with Crippen LogP contribution in [0.15, 0.2) is 24.3 Å². The van der Waals surface area contributed by atoms with Gasteiger partial charge in [0.2, 0.25) is 0 Å². The summed E-state index contributed by atoms with van der Waals surface area (Å²) in [7, 11) is -3.01. The van der Waals surface area contributed by atoms with Gasteiger partial charge in [-0.15, -0.1) is 0 Å². The molecule has 1 saturated carbocycles. The van der Waals surface area contributed by atoms with Gasteiger partial charge in [-0.25, -0.2) is 12.8 Å². The van der Waals surface area contributed by atoms with E-state index in [9.17, 15) is 12.8 Å². The lowest BCUT2D eigenvalue weighted by atomic mass is 10.2. The molecule has 1 aromatic carbocycles. The Balaban J connectivity index is 1.84. The smallest absolute Gasteiger partial charge is 0.151 e. The van der Waals surface area contributed by atoms with Gasteiger partial charge in [-0.2, -0.15) is 0 Å². The van der Waals surface area contributed by atoms with Crippen LogP contribution in [0.25, 0.3) is 0 Å². The maximum absolute atomic E-state index is 12.8. The summed E-state index contributed by atoms with van der Waals surface area (Å²) < 4.78 is 41.8. The molecule has 0 saturated heterocycles. The van der Waals surface area contributed by atoms with Crippen LogP contribution >= 0.6 is 0 Å². The predicted octanol–water partition coefficient (Wildman–Crippen LogP) is 2.15. The number of halogens is 1. The SMILES string of the molecule is C[C@H](COc1ccc(F)cc1)N[C@H]1CCC[C@H]1S(C)(=O)=O. The van der Waals surface area contributed by atoms with E-state index in [0.29, 0.717) is 12.4 Å². The molecule has 6 heteroatoms. The van der Waals surface area contributed by atoms with Gasteiger partial charge in [0.25, 0.3) is 0 Å². The van der Waals surface area contributed by atoms with Gasteiger partial charge in [0.05, 0.1) is 5.25 Å². The maximum Gasteiger partial charge on any atom is 0.151 e. The third-order valence-electron chi connectivity index (χ3n) is 3.81. The second-order valence-electron chi connectivity index (χ2n) is 5.74. The summed E-state index contributed by atoms with van der Waals surface area (Å²) >= 11 is 0. The fourth-order valence-electron chi connectivity index (χ4n) is 2.79. The Kier molecular flexibility index (Phi) is 5.22. The topological polar surface area (TPSA) is 55.4 Å². The number of benzene rings is 1. The molecule has 1 aromatic rings. The number of sulfone groups is 1. The molecule has 21 heavy (non-hydrogen) atoms. The molecule has 118 valence electrons. The van der Waals surface area contributed by atoms with Crippen LogP contribution in [0.5, 0.6) is 5.75 Å². The Morgan fingerprint density at radius 1 is 1.33 bits per heavy atom. The summed E-state index contributed by atoms with van der Waals surface area (Å²) in [6.07, 6.45) is 3.83. The van der Waals surface area contributed by atoms with Gasteiger partial charge in [0.15, 0.2) is 9.84 Å². The zero-order chi connectivity index (χ0) is 15.5. The van der Waals surface area contributed by atoms with E-state index < -0.39 is 9.84 Å². The molecule has 4 nitrogen and oxygen atoms in total. The van der Waals surface area contributed by atoms with E-state index in [2.05, 4.69) is 5.32 Å². The van der Waals surface area contributed by atoms with Crippen LogP contribution in [0.2, 0.25) is 0 Å². The Hall–Kier alpha value is -1.14. The molecule has 0 aromatic heterocycles. The molecule has 0 unspecified atom stereocenters. The normalized spacial score (nSPS) is 24.0. The van der Waals surface area contributed by atoms with E-state index in [4.69, 9.17) is 4.74 Å². The highest BCUT2D eigenvalue weighted by Gasteiger charge is 2.35. The quantitative estimate of drug-likeness (QED) is 0.874. The number of nitrogens with one attached hydrogen (secondary N) is 1. The first-order chi connectivity index (χ1) is 9.86. The number of rotatable bonds is 6. The highest BCUT2D eigenvalue weighted by molar-refractivity contribution is 7.91. The van der Waals surface area contributed by atoms with Gasteiger partial charge >= 0.3 is 0 Å². The van der Waals surface area contributed by atoms with Gasteiger partial charge < -0.3 is 10.1 Å². The second kappa shape index (κ2) is 6.75. The fraction of sp³-hybridized carbons (Fsp3) is 0.600. The molecule has 0 spiro atoms. The van der Waals surface area contributed by atoms with Crippen molar-refractivity contribution in [2.45, 2.75) is 43.5 Å². The molecule has 1 aliphatic rings. The number of hydrogen-bond donors (Lipinski definition) is 1. The summed E-state index contributed by atoms with van der Waals surface area (Å²) in [6.45, 7) is 2.37. The van der Waals surface area contributed by atoms with Gasteiger partial charge in [-0.1, -0.05) is 6.42 Å². The van der Waals surface area contributed by atoms with Crippen molar-refractivity contribution >= 4 is 9.84 Å². The Bertz CT molecular complexity index is 559. The number of hydrogen-bond acceptors (Lipinski definition) is 4. The Labute approximate surface area is 125 Å². The third kappa shape index (κ3) is 4.68. The van der Waals surface area contributed by atoms with Crippen LogP contribution in [0.4, 0.5) is 4.39 Å². The van der Waals surface area contributed by atoms with E-state index in [0.717, 1.165) is 19.3 Å². The van der Waals surface area contributed by atoms with Crippen molar-refractivity contribution in [1.82, 2.24) is 5.32 Å². The minimum Gasteiger partial charge on any atom is -0.492 e. The Morgan fingerprint density at radius 2 is 2.00 bits per heavy atom. The van der Waals surface area contributed by atoms with Crippen molar-refractivity contribution in [3.05, 3.63) is 30.1 Å². The summed E-state index contributed by atoms with van der Waals surface area (Å²) in [5.74, 6) is 0.312. The van der Waals surface area contributed by atoms with Gasteiger partial charge in [-0.3, -0.25) is 0 Å². The average Bonchev–Trinajstić information content (AvgIpc) is 2.86. The molecule has 0 radical (unpaired) electrons. The van der Waals surface area contributed by atoms with E-state index in [1.807, 2.05) is 6.92 Å². The maximum atomic E-state index is 12.8. The van der Waals surface area contributed by atoms with E-state index in [1.54, 1.807) is 12.1 Å². The van der Waals surface area contributed by atoms with Crippen LogP contribution in [0, 0.1) is 5.82 Å². The summed E-state index contributed by atoms with van der Waals surface area (Å²) in [5, 5.41) is 3.04. The van der Waals surface area contributed by atoms with E-state index in [1.165, 1.54) is 18.4 Å². The van der Waals surface area contributed by atoms with Crippen LogP contribution in [0.1, 0.15) is 26.2 Å². The van der Waals surface area contributed by atoms with Gasteiger partial charge in [0.1, 0.15) is 18.2 Å². The molecule has 1 aliphatic carbocycles. The minimum absolute atomic E-state index is 0.00758. The van der Waals surface area contributed by atoms with Crippen LogP contribution < -0.4 is 10.1 Å². The van der Waals surface area contributed by atoms with Crippen LogP contribution in [0.3, 0.4) is 0 Å². The fourth-order valence-corrected chi connectivity index (χ4v) is 4.20. The van der Waals surface area contributed by atoms with Crippen molar-refractivity contribution < 1.29 is 17.5 Å². The minimum atomic E-state index is -3.01. The largest absolute Gasteiger partial charge is 0.492 e. The first-order valence-corrected chi connectivity index (χ1v) is 9.15. The van der Waals surface area contributed by atoms with Crippen LogP contribution in [-0.4, -0.2) is 38.6 Å². The first-order valence-electron chi connectivity index (χ1n) is 7.19. The van der Waals surface area contributed by atoms with E-state index >= 15 is 0 Å². The summed E-state index contributed by atoms with van der Waals surface area (Å²) in [6, 6.07) is 5.89. The van der Waals surface area contributed by atoms with Crippen molar-refractivity contribution in [2.24, 2.45) is 0 Å². The van der Waals surface area contributed by atoms with Crippen LogP contribution in [-0.2, 0) is 9.84 Å². The molecule has 0 heterocycles. The predicted molar refractivity (Wildman–Crippen MR) is 80.8 cm³/mol. The third-order valence-corrected chi connectivity index (χ3v) is 5.48. The summed E-state index contributed by atoms with van der Waals surface area (Å²) in [5.41, 5.74) is 0. The molecule has 0 amide bonds. The second-order valence-corrected chi connectivity index (χ2v) is 8.00. The van der Waals surface area contributed by atoms with Crippen molar-refractivity contribution in [3.8, 4) is 5.75 Å². The lowest BCUT2D eigenvalue weighted by molar-refractivity contribution is 0.261. The molecule has 2 rings (SSSR count). The monoisotopic (exact) mass is 315 g/mol.